The van der Waals surface area contributed by atoms with Crippen molar-refractivity contribution < 1.29 is 15.0 Å². The second-order valence-electron chi connectivity index (χ2n) is 4.52. The molecule has 0 aliphatic heterocycles. The Morgan fingerprint density at radius 2 is 2.15 bits per heavy atom. The summed E-state index contributed by atoms with van der Waals surface area (Å²) in [5.74, 6) is 0.947. The van der Waals surface area contributed by atoms with Gasteiger partial charge in [0.05, 0.1) is 0 Å². The molecule has 4 unspecified atom stereocenters. The predicted octanol–water partition coefficient (Wildman–Crippen LogP) is 1.26. The van der Waals surface area contributed by atoms with E-state index in [1.165, 1.54) is 19.3 Å². The lowest BCUT2D eigenvalue weighted by Gasteiger charge is -2.22. The van der Waals surface area contributed by atoms with Crippen LogP contribution in [0.15, 0.2) is 0 Å². The van der Waals surface area contributed by atoms with Gasteiger partial charge in [0.15, 0.2) is 6.10 Å². The molecule has 2 aliphatic carbocycles. The molecule has 13 heavy (non-hydrogen) atoms. The maximum atomic E-state index is 10.4. The van der Waals surface area contributed by atoms with Crippen LogP contribution in [0.3, 0.4) is 0 Å². The van der Waals surface area contributed by atoms with Crippen molar-refractivity contribution in [1.29, 1.82) is 0 Å². The molecule has 74 valence electrons. The smallest absolute Gasteiger partial charge is 0.332 e. The molecular formula is C10H16O3. The van der Waals surface area contributed by atoms with E-state index in [0.717, 1.165) is 12.3 Å². The molecule has 0 aromatic rings. The first kappa shape index (κ1) is 9.00. The first-order valence-corrected chi connectivity index (χ1v) is 5.07. The van der Waals surface area contributed by atoms with E-state index in [-0.39, 0.29) is 0 Å². The summed E-state index contributed by atoms with van der Waals surface area (Å²) in [6.07, 6.45) is 4.33. The lowest BCUT2D eigenvalue weighted by atomic mass is 9.85. The first-order chi connectivity index (χ1) is 6.16. The Kier molecular flexibility index (Phi) is 2.28. The largest absolute Gasteiger partial charge is 0.479 e. The molecule has 2 fully saturated rings. The fourth-order valence-corrected chi connectivity index (χ4v) is 3.05. The molecule has 0 aromatic heterocycles. The molecule has 3 heteroatoms. The molecule has 3 nitrogen and oxygen atoms in total. The van der Waals surface area contributed by atoms with Gasteiger partial charge in [-0.1, -0.05) is 6.42 Å². The van der Waals surface area contributed by atoms with Crippen LogP contribution >= 0.6 is 0 Å². The molecular weight excluding hydrogens is 168 g/mol. The minimum Gasteiger partial charge on any atom is -0.479 e. The van der Waals surface area contributed by atoms with E-state index in [9.17, 15) is 9.90 Å². The maximum absolute atomic E-state index is 10.4. The Balaban J connectivity index is 1.86. The highest BCUT2D eigenvalue weighted by molar-refractivity contribution is 5.71. The SMILES string of the molecule is O=C(O)C(O)CC1CC2CCC1C2. The van der Waals surface area contributed by atoms with E-state index in [1.54, 1.807) is 0 Å². The van der Waals surface area contributed by atoms with Crippen LogP contribution in [0.5, 0.6) is 0 Å². The Hall–Kier alpha value is -0.570. The summed E-state index contributed by atoms with van der Waals surface area (Å²) < 4.78 is 0. The summed E-state index contributed by atoms with van der Waals surface area (Å²) >= 11 is 0. The highest BCUT2D eigenvalue weighted by Gasteiger charge is 2.40. The Labute approximate surface area is 77.8 Å². The quantitative estimate of drug-likeness (QED) is 0.694. The zero-order valence-electron chi connectivity index (χ0n) is 7.65. The molecule has 0 radical (unpaired) electrons. The third-order valence-electron chi connectivity index (χ3n) is 3.70. The van der Waals surface area contributed by atoms with E-state index in [2.05, 4.69) is 0 Å². The van der Waals surface area contributed by atoms with Gasteiger partial charge in [-0.3, -0.25) is 0 Å². The van der Waals surface area contributed by atoms with E-state index >= 15 is 0 Å². The van der Waals surface area contributed by atoms with Crippen molar-refractivity contribution in [3.05, 3.63) is 0 Å². The number of fused-ring (bicyclic) bond motifs is 2. The molecule has 0 amide bonds. The number of carboxylic acid groups (broad SMARTS) is 1. The monoisotopic (exact) mass is 184 g/mol. The van der Waals surface area contributed by atoms with Gasteiger partial charge in [0.1, 0.15) is 0 Å². The van der Waals surface area contributed by atoms with Crippen molar-refractivity contribution in [2.24, 2.45) is 17.8 Å². The summed E-state index contributed by atoms with van der Waals surface area (Å²) in [6, 6.07) is 0. The van der Waals surface area contributed by atoms with Gasteiger partial charge in [-0.25, -0.2) is 4.79 Å². The zero-order valence-corrected chi connectivity index (χ0v) is 7.65. The van der Waals surface area contributed by atoms with Gasteiger partial charge in [-0.2, -0.15) is 0 Å². The van der Waals surface area contributed by atoms with Crippen molar-refractivity contribution in [3.8, 4) is 0 Å². The minimum absolute atomic E-state index is 0.469. The highest BCUT2D eigenvalue weighted by Crippen LogP contribution is 2.49. The van der Waals surface area contributed by atoms with E-state index < -0.39 is 12.1 Å². The molecule has 0 spiro atoms. The van der Waals surface area contributed by atoms with Crippen LogP contribution in [0.2, 0.25) is 0 Å². The number of carbonyl (C=O) groups is 1. The standard InChI is InChI=1S/C10H16O3/c11-9(10(12)13)5-8-4-6-1-2-7(8)3-6/h6-9,11H,1-5H2,(H,12,13). The summed E-state index contributed by atoms with van der Waals surface area (Å²) in [7, 11) is 0. The number of hydrogen-bond donors (Lipinski definition) is 2. The second kappa shape index (κ2) is 3.29. The van der Waals surface area contributed by atoms with Crippen LogP contribution in [-0.4, -0.2) is 22.3 Å². The van der Waals surface area contributed by atoms with E-state index in [1.807, 2.05) is 0 Å². The average molecular weight is 184 g/mol. The topological polar surface area (TPSA) is 57.5 Å². The van der Waals surface area contributed by atoms with Crippen molar-refractivity contribution in [2.45, 2.75) is 38.2 Å². The van der Waals surface area contributed by atoms with Gasteiger partial charge >= 0.3 is 5.97 Å². The number of aliphatic carboxylic acids is 1. The van der Waals surface area contributed by atoms with Gasteiger partial charge < -0.3 is 10.2 Å². The Morgan fingerprint density at radius 3 is 2.62 bits per heavy atom. The van der Waals surface area contributed by atoms with Crippen molar-refractivity contribution in [1.82, 2.24) is 0 Å². The number of hydrogen-bond acceptors (Lipinski definition) is 2. The molecule has 0 heterocycles. The summed E-state index contributed by atoms with van der Waals surface area (Å²) in [4.78, 5) is 10.4. The maximum Gasteiger partial charge on any atom is 0.332 e. The predicted molar refractivity (Wildman–Crippen MR) is 47.2 cm³/mol. The summed E-state index contributed by atoms with van der Waals surface area (Å²) in [5.41, 5.74) is 0. The van der Waals surface area contributed by atoms with Gasteiger partial charge in [-0.15, -0.1) is 0 Å². The molecule has 2 N–H and O–H groups in total. The number of aliphatic hydroxyl groups excluding tert-OH is 1. The van der Waals surface area contributed by atoms with E-state index in [0.29, 0.717) is 18.3 Å². The van der Waals surface area contributed by atoms with Crippen molar-refractivity contribution >= 4 is 5.97 Å². The lowest BCUT2D eigenvalue weighted by Crippen LogP contribution is -2.25. The van der Waals surface area contributed by atoms with Crippen LogP contribution in [0.4, 0.5) is 0 Å². The summed E-state index contributed by atoms with van der Waals surface area (Å²) in [5, 5.41) is 17.8. The van der Waals surface area contributed by atoms with Crippen LogP contribution in [0.1, 0.15) is 32.1 Å². The number of carboxylic acids is 1. The molecule has 2 bridgehead atoms. The second-order valence-corrected chi connectivity index (χ2v) is 4.52. The van der Waals surface area contributed by atoms with Gasteiger partial charge in [0, 0.05) is 0 Å². The third-order valence-corrected chi connectivity index (χ3v) is 3.70. The zero-order chi connectivity index (χ0) is 9.42. The molecule has 0 saturated heterocycles. The van der Waals surface area contributed by atoms with Gasteiger partial charge in [-0.05, 0) is 43.4 Å². The van der Waals surface area contributed by atoms with E-state index in [4.69, 9.17) is 5.11 Å². The minimum atomic E-state index is -1.13. The Bertz CT molecular complexity index is 214. The number of aliphatic hydroxyl groups is 1. The van der Waals surface area contributed by atoms with Crippen molar-refractivity contribution in [2.75, 3.05) is 0 Å². The summed E-state index contributed by atoms with van der Waals surface area (Å²) in [6.45, 7) is 0. The first-order valence-electron chi connectivity index (χ1n) is 5.07. The van der Waals surface area contributed by atoms with Crippen LogP contribution in [0.25, 0.3) is 0 Å². The molecule has 2 saturated carbocycles. The number of rotatable bonds is 3. The van der Waals surface area contributed by atoms with Crippen molar-refractivity contribution in [3.63, 3.8) is 0 Å². The van der Waals surface area contributed by atoms with Gasteiger partial charge in [0.2, 0.25) is 0 Å². The average Bonchev–Trinajstić information content (AvgIpc) is 2.64. The fraction of sp³-hybridized carbons (Fsp3) is 0.900. The molecule has 2 rings (SSSR count). The van der Waals surface area contributed by atoms with Gasteiger partial charge in [0.25, 0.3) is 0 Å². The molecule has 0 aromatic carbocycles. The molecule has 2 aliphatic rings. The third kappa shape index (κ3) is 1.70. The fourth-order valence-electron chi connectivity index (χ4n) is 3.05. The Morgan fingerprint density at radius 1 is 1.38 bits per heavy atom. The molecule has 4 atom stereocenters. The highest BCUT2D eigenvalue weighted by atomic mass is 16.4. The van der Waals surface area contributed by atoms with Crippen LogP contribution in [0, 0.1) is 17.8 Å². The lowest BCUT2D eigenvalue weighted by molar-refractivity contribution is -0.147. The normalized spacial score (nSPS) is 39.3. The van der Waals surface area contributed by atoms with Crippen LogP contribution < -0.4 is 0 Å². The van der Waals surface area contributed by atoms with Crippen LogP contribution in [-0.2, 0) is 4.79 Å².